The molecular formula is C27H29N3O2. The molecule has 4 aromatic rings. The second-order valence-corrected chi connectivity index (χ2v) is 7.95. The third kappa shape index (κ3) is 5.76. The molecular weight excluding hydrogens is 398 g/mol. The summed E-state index contributed by atoms with van der Waals surface area (Å²) in [5, 5.41) is 3.03. The molecule has 0 saturated heterocycles. The van der Waals surface area contributed by atoms with Crippen LogP contribution in [0.4, 0.5) is 0 Å². The van der Waals surface area contributed by atoms with Crippen LogP contribution in [0.3, 0.4) is 0 Å². The highest BCUT2D eigenvalue weighted by Gasteiger charge is 2.11. The predicted octanol–water partition coefficient (Wildman–Crippen LogP) is 4.72. The summed E-state index contributed by atoms with van der Waals surface area (Å²) >= 11 is 0. The number of nitrogens with zero attached hydrogens (tertiary/aromatic N) is 2. The van der Waals surface area contributed by atoms with Crippen LogP contribution < -0.4 is 10.1 Å². The minimum absolute atomic E-state index is 0.0328. The van der Waals surface area contributed by atoms with Crippen LogP contribution in [-0.2, 0) is 24.2 Å². The average Bonchev–Trinajstić information content (AvgIpc) is 3.15. The van der Waals surface area contributed by atoms with Gasteiger partial charge in [-0.15, -0.1) is 0 Å². The number of ether oxygens (including phenoxy) is 1. The van der Waals surface area contributed by atoms with E-state index in [4.69, 9.17) is 9.72 Å². The molecule has 0 unspecified atom stereocenters. The number of hydrogen-bond donors (Lipinski definition) is 1. The zero-order valence-electron chi connectivity index (χ0n) is 18.5. The highest BCUT2D eigenvalue weighted by atomic mass is 16.5. The van der Waals surface area contributed by atoms with E-state index in [1.165, 1.54) is 5.56 Å². The fourth-order valence-corrected chi connectivity index (χ4v) is 3.84. The number of hydrogen-bond acceptors (Lipinski definition) is 3. The van der Waals surface area contributed by atoms with Gasteiger partial charge in [0.2, 0.25) is 5.91 Å². The van der Waals surface area contributed by atoms with E-state index < -0.39 is 0 Å². The molecule has 5 nitrogen and oxygen atoms in total. The standard InChI is InChI=1S/C27H29N3O2/c1-21-9-7-12-23(19-21)32-18-8-17-30-25-14-6-5-13-24(25)29-26(30)15-16-28-27(31)20-22-10-3-2-4-11-22/h2-7,9-14,19H,8,15-18,20H2,1H3,(H,28,31). The summed E-state index contributed by atoms with van der Waals surface area (Å²) in [7, 11) is 0. The smallest absolute Gasteiger partial charge is 0.224 e. The second kappa shape index (κ2) is 10.6. The van der Waals surface area contributed by atoms with Gasteiger partial charge in [0.1, 0.15) is 11.6 Å². The first kappa shape index (κ1) is 21.6. The molecule has 0 bridgehead atoms. The van der Waals surface area contributed by atoms with Crippen LogP contribution in [0.15, 0.2) is 78.9 Å². The van der Waals surface area contributed by atoms with Gasteiger partial charge in [-0.2, -0.15) is 0 Å². The fourth-order valence-electron chi connectivity index (χ4n) is 3.84. The molecule has 4 rings (SSSR count). The summed E-state index contributed by atoms with van der Waals surface area (Å²) in [6.07, 6.45) is 1.96. The molecule has 5 heteroatoms. The van der Waals surface area contributed by atoms with E-state index in [9.17, 15) is 4.79 Å². The van der Waals surface area contributed by atoms with Crippen molar-refractivity contribution in [2.45, 2.75) is 32.7 Å². The van der Waals surface area contributed by atoms with E-state index >= 15 is 0 Å². The minimum atomic E-state index is 0.0328. The van der Waals surface area contributed by atoms with Gasteiger partial charge >= 0.3 is 0 Å². The van der Waals surface area contributed by atoms with Crippen LogP contribution in [0.1, 0.15) is 23.4 Å². The van der Waals surface area contributed by atoms with Crippen LogP contribution in [0.2, 0.25) is 0 Å². The number of aryl methyl sites for hydroxylation is 2. The maximum absolute atomic E-state index is 12.3. The molecule has 1 N–H and O–H groups in total. The van der Waals surface area contributed by atoms with Crippen LogP contribution in [0.5, 0.6) is 5.75 Å². The molecule has 1 aromatic heterocycles. The van der Waals surface area contributed by atoms with E-state index in [1.807, 2.05) is 60.7 Å². The monoisotopic (exact) mass is 427 g/mol. The van der Waals surface area contributed by atoms with Gasteiger partial charge in [0.25, 0.3) is 0 Å². The van der Waals surface area contributed by atoms with Crippen LogP contribution in [0.25, 0.3) is 11.0 Å². The van der Waals surface area contributed by atoms with Gasteiger partial charge in [-0.1, -0.05) is 54.6 Å². The number of nitrogens with one attached hydrogen (secondary N) is 1. The Morgan fingerprint density at radius 2 is 1.81 bits per heavy atom. The molecule has 0 spiro atoms. The van der Waals surface area contributed by atoms with Crippen LogP contribution in [0, 0.1) is 6.92 Å². The quantitative estimate of drug-likeness (QED) is 0.373. The van der Waals surface area contributed by atoms with Crippen molar-refractivity contribution in [2.24, 2.45) is 0 Å². The molecule has 0 fully saturated rings. The summed E-state index contributed by atoms with van der Waals surface area (Å²) in [5.41, 5.74) is 4.32. The number of para-hydroxylation sites is 2. The molecule has 1 heterocycles. The highest BCUT2D eigenvalue weighted by Crippen LogP contribution is 2.18. The first-order chi connectivity index (χ1) is 15.7. The van der Waals surface area contributed by atoms with Crippen molar-refractivity contribution in [3.63, 3.8) is 0 Å². The lowest BCUT2D eigenvalue weighted by atomic mass is 10.1. The zero-order chi connectivity index (χ0) is 22.2. The molecule has 32 heavy (non-hydrogen) atoms. The number of benzene rings is 3. The molecule has 3 aromatic carbocycles. The number of aromatic nitrogens is 2. The lowest BCUT2D eigenvalue weighted by molar-refractivity contribution is -0.120. The van der Waals surface area contributed by atoms with Crippen LogP contribution >= 0.6 is 0 Å². The van der Waals surface area contributed by atoms with Gasteiger partial charge in [-0.25, -0.2) is 4.98 Å². The molecule has 0 radical (unpaired) electrons. The molecule has 0 aliphatic carbocycles. The predicted molar refractivity (Wildman–Crippen MR) is 128 cm³/mol. The average molecular weight is 428 g/mol. The fraction of sp³-hybridized carbons (Fsp3) is 0.259. The number of amides is 1. The maximum atomic E-state index is 12.3. The lowest BCUT2D eigenvalue weighted by Crippen LogP contribution is -2.28. The molecule has 164 valence electrons. The third-order valence-electron chi connectivity index (χ3n) is 5.40. The Bertz CT molecular complexity index is 1170. The first-order valence-corrected chi connectivity index (χ1v) is 11.1. The Morgan fingerprint density at radius 1 is 1.00 bits per heavy atom. The van der Waals surface area contributed by atoms with Crippen molar-refractivity contribution in [1.29, 1.82) is 0 Å². The normalized spacial score (nSPS) is 10.9. The third-order valence-corrected chi connectivity index (χ3v) is 5.40. The Hall–Kier alpha value is -3.60. The summed E-state index contributed by atoms with van der Waals surface area (Å²) in [6.45, 7) is 4.09. The number of carbonyl (C=O) groups excluding carboxylic acids is 1. The highest BCUT2D eigenvalue weighted by molar-refractivity contribution is 5.78. The minimum Gasteiger partial charge on any atom is -0.494 e. The Morgan fingerprint density at radius 3 is 2.66 bits per heavy atom. The number of carbonyl (C=O) groups is 1. The summed E-state index contributed by atoms with van der Waals surface area (Å²) in [4.78, 5) is 17.1. The Balaban J connectivity index is 1.34. The van der Waals surface area contributed by atoms with Gasteiger partial charge in [-0.3, -0.25) is 4.79 Å². The zero-order valence-corrected chi connectivity index (χ0v) is 18.5. The van der Waals surface area contributed by atoms with E-state index in [2.05, 4.69) is 35.0 Å². The van der Waals surface area contributed by atoms with E-state index in [-0.39, 0.29) is 5.91 Å². The number of rotatable bonds is 10. The molecule has 0 aliphatic heterocycles. The molecule has 0 saturated carbocycles. The van der Waals surface area contributed by atoms with Gasteiger partial charge in [-0.05, 0) is 48.7 Å². The lowest BCUT2D eigenvalue weighted by Gasteiger charge is -2.11. The molecule has 0 aliphatic rings. The summed E-state index contributed by atoms with van der Waals surface area (Å²) < 4.78 is 8.16. The first-order valence-electron chi connectivity index (χ1n) is 11.1. The van der Waals surface area contributed by atoms with E-state index in [1.54, 1.807) is 0 Å². The van der Waals surface area contributed by atoms with Gasteiger partial charge < -0.3 is 14.6 Å². The van der Waals surface area contributed by atoms with Gasteiger partial charge in [0.05, 0.1) is 24.1 Å². The maximum Gasteiger partial charge on any atom is 0.224 e. The number of imidazole rings is 1. The van der Waals surface area contributed by atoms with E-state index in [0.29, 0.717) is 26.0 Å². The van der Waals surface area contributed by atoms with Crippen molar-refractivity contribution < 1.29 is 9.53 Å². The van der Waals surface area contributed by atoms with Crippen molar-refractivity contribution in [3.05, 3.63) is 95.8 Å². The van der Waals surface area contributed by atoms with Gasteiger partial charge in [0, 0.05) is 19.5 Å². The van der Waals surface area contributed by atoms with Crippen molar-refractivity contribution >= 4 is 16.9 Å². The van der Waals surface area contributed by atoms with Gasteiger partial charge in [0.15, 0.2) is 0 Å². The largest absolute Gasteiger partial charge is 0.494 e. The topological polar surface area (TPSA) is 56.1 Å². The SMILES string of the molecule is Cc1cccc(OCCCn2c(CCNC(=O)Cc3ccccc3)nc3ccccc32)c1. The van der Waals surface area contributed by atoms with E-state index in [0.717, 1.165) is 41.1 Å². The summed E-state index contributed by atoms with van der Waals surface area (Å²) in [6, 6.07) is 26.1. The number of fused-ring (bicyclic) bond motifs is 1. The second-order valence-electron chi connectivity index (χ2n) is 7.95. The molecule has 1 amide bonds. The Labute approximate surface area is 189 Å². The summed E-state index contributed by atoms with van der Waals surface area (Å²) in [5.74, 6) is 1.93. The van der Waals surface area contributed by atoms with Crippen molar-refractivity contribution in [3.8, 4) is 5.75 Å². The Kier molecular flexibility index (Phi) is 7.18. The van der Waals surface area contributed by atoms with Crippen molar-refractivity contribution in [1.82, 2.24) is 14.9 Å². The molecule has 0 atom stereocenters. The van der Waals surface area contributed by atoms with Crippen molar-refractivity contribution in [2.75, 3.05) is 13.2 Å². The van der Waals surface area contributed by atoms with Crippen LogP contribution in [-0.4, -0.2) is 28.6 Å².